The number of hydrogen-bond donors (Lipinski definition) is 4. The largest absolute Gasteiger partial charge is 0.399 e. The van der Waals surface area contributed by atoms with Crippen molar-refractivity contribution in [1.82, 2.24) is 25.3 Å². The molecule has 5 N–H and O–H groups in total. The average Bonchev–Trinajstić information content (AvgIpc) is 3.68. The second kappa shape index (κ2) is 23.1. The van der Waals surface area contributed by atoms with Gasteiger partial charge in [-0.05, 0) is 67.8 Å². The Bertz CT molecular complexity index is 1640. The molecule has 13 nitrogen and oxygen atoms in total. The molecule has 0 bridgehead atoms. The maximum Gasteiger partial charge on any atom is 0.245 e. The molecule has 0 spiro atoms. The van der Waals surface area contributed by atoms with Crippen LogP contribution in [0.15, 0.2) is 54.6 Å². The van der Waals surface area contributed by atoms with E-state index in [1.807, 2.05) is 108 Å². The first kappa shape index (κ1) is 49.3. The Morgan fingerprint density at radius 3 is 2.12 bits per heavy atom. The topological polar surface area (TPSA) is 167 Å². The third kappa shape index (κ3) is 13.0. The predicted octanol–water partition coefficient (Wildman–Crippen LogP) is 5.02. The fourth-order valence-corrected chi connectivity index (χ4v) is 8.74. The van der Waals surface area contributed by atoms with Crippen LogP contribution in [0.2, 0.25) is 0 Å². The monoisotopic (exact) mass is 823 g/mol. The van der Waals surface area contributed by atoms with Crippen LogP contribution >= 0.6 is 0 Å². The number of hydrogen-bond acceptors (Lipinski definition) is 9. The smallest absolute Gasteiger partial charge is 0.245 e. The molecular weight excluding hydrogens is 749 g/mol. The van der Waals surface area contributed by atoms with Gasteiger partial charge < -0.3 is 40.7 Å². The fourth-order valence-electron chi connectivity index (χ4n) is 8.74. The summed E-state index contributed by atoms with van der Waals surface area (Å²) in [6, 6.07) is 14.1. The van der Waals surface area contributed by atoms with Gasteiger partial charge in [0.15, 0.2) is 0 Å². The van der Waals surface area contributed by atoms with Crippen LogP contribution in [0.25, 0.3) is 0 Å². The first-order valence-corrected chi connectivity index (χ1v) is 21.4. The van der Waals surface area contributed by atoms with Crippen LogP contribution in [-0.4, -0.2) is 121 Å². The van der Waals surface area contributed by atoms with E-state index in [0.717, 1.165) is 18.4 Å². The molecule has 59 heavy (non-hydrogen) atoms. The normalized spacial score (nSPS) is 19.1. The number of nitrogens with two attached hydrogens (primary N) is 1. The standard InChI is InChI=1S/C46H74N6O7/c1-13-30(6)41(51(10)46(57)39(28(2)3)49-45(56)40(29(4)5)50(9)27-33-19-17-22-35(47)25-33)37(58-11)26-38(53)52-24-18-23-36(52)43(59-12)31(7)44(55)48-32(8)42(54)34-20-15-14-16-21-34/h14-17,19-22,25,28-32,36-37,39-43,54H,13,18,23-24,26-27,47H2,1-12H3,(H,48,55)(H,49,56)/t30-,31+,32+,36-,37+,39-,40-,41-,42?,43+/m0/s1. The maximum absolute atomic E-state index is 14.5. The molecule has 1 heterocycles. The molecule has 1 aliphatic heterocycles. The van der Waals surface area contributed by atoms with Crippen LogP contribution in [0.5, 0.6) is 0 Å². The van der Waals surface area contributed by atoms with Crippen molar-refractivity contribution < 1.29 is 33.8 Å². The van der Waals surface area contributed by atoms with E-state index in [1.54, 1.807) is 44.9 Å². The van der Waals surface area contributed by atoms with E-state index in [-0.39, 0.29) is 53.8 Å². The molecule has 2 aromatic rings. The molecule has 2 aromatic carbocycles. The minimum Gasteiger partial charge on any atom is -0.399 e. The van der Waals surface area contributed by atoms with Gasteiger partial charge in [-0.2, -0.15) is 0 Å². The number of anilines is 1. The molecule has 3 rings (SSSR count). The number of carbonyl (C=O) groups is 4. The molecule has 1 unspecified atom stereocenters. The zero-order chi connectivity index (χ0) is 44.1. The van der Waals surface area contributed by atoms with E-state index in [9.17, 15) is 24.3 Å². The van der Waals surface area contributed by atoms with Crippen molar-refractivity contribution in [1.29, 1.82) is 0 Å². The molecular formula is C46H74N6O7. The Labute approximate surface area is 353 Å². The zero-order valence-electron chi connectivity index (χ0n) is 37.7. The van der Waals surface area contributed by atoms with Gasteiger partial charge in [0.1, 0.15) is 6.04 Å². The number of carbonyl (C=O) groups excluding carboxylic acids is 4. The van der Waals surface area contributed by atoms with Gasteiger partial charge in [0.2, 0.25) is 23.6 Å². The lowest BCUT2D eigenvalue weighted by molar-refractivity contribution is -0.148. The highest BCUT2D eigenvalue weighted by atomic mass is 16.5. The summed E-state index contributed by atoms with van der Waals surface area (Å²) in [5.74, 6) is -1.83. The van der Waals surface area contributed by atoms with Crippen molar-refractivity contribution in [2.24, 2.45) is 23.7 Å². The van der Waals surface area contributed by atoms with Crippen molar-refractivity contribution >= 4 is 29.3 Å². The number of nitrogens with one attached hydrogen (secondary N) is 2. The molecule has 1 fully saturated rings. The van der Waals surface area contributed by atoms with E-state index in [1.165, 1.54) is 0 Å². The number of methoxy groups -OCH3 is 2. The number of likely N-dealkylation sites (N-methyl/N-ethyl adjacent to an activating group) is 2. The van der Waals surface area contributed by atoms with Crippen LogP contribution < -0.4 is 16.4 Å². The number of ether oxygens (including phenoxy) is 2. The first-order valence-electron chi connectivity index (χ1n) is 21.4. The third-order valence-electron chi connectivity index (χ3n) is 12.2. The maximum atomic E-state index is 14.5. The molecule has 0 aliphatic carbocycles. The fraction of sp³-hybridized carbons (Fsp3) is 0.652. The summed E-state index contributed by atoms with van der Waals surface area (Å²) >= 11 is 0. The molecule has 10 atom stereocenters. The SMILES string of the molecule is CC[C@H](C)[C@@H]([C@@H](CC(=O)N1CCC[C@H]1[C@H](OC)[C@@H](C)C(=O)N[C@H](C)C(O)c1ccccc1)OC)N(C)C(=O)[C@@H](NC(=O)[C@H](C(C)C)N(C)Cc1cccc(N)c1)C(C)C. The average molecular weight is 823 g/mol. The predicted molar refractivity (Wildman–Crippen MR) is 233 cm³/mol. The number of rotatable bonds is 22. The van der Waals surface area contributed by atoms with Gasteiger partial charge in [0, 0.05) is 40.0 Å². The van der Waals surface area contributed by atoms with Gasteiger partial charge in [0.05, 0.1) is 54.8 Å². The van der Waals surface area contributed by atoms with E-state index >= 15 is 0 Å². The molecule has 0 radical (unpaired) electrons. The molecule has 0 aromatic heterocycles. The Hall–Kier alpha value is -4.04. The zero-order valence-corrected chi connectivity index (χ0v) is 37.7. The van der Waals surface area contributed by atoms with Crippen LogP contribution in [-0.2, 0) is 35.2 Å². The summed E-state index contributed by atoms with van der Waals surface area (Å²) in [6.45, 7) is 16.5. The summed E-state index contributed by atoms with van der Waals surface area (Å²) in [7, 11) is 6.76. The van der Waals surface area contributed by atoms with Crippen LogP contribution in [0.4, 0.5) is 5.69 Å². The molecule has 330 valence electrons. The van der Waals surface area contributed by atoms with E-state index in [0.29, 0.717) is 30.8 Å². The van der Waals surface area contributed by atoms with Gasteiger partial charge in [0.25, 0.3) is 0 Å². The number of likely N-dealkylation sites (tertiary alicyclic amines) is 1. The van der Waals surface area contributed by atoms with Gasteiger partial charge >= 0.3 is 0 Å². The highest BCUT2D eigenvalue weighted by Gasteiger charge is 2.43. The number of aliphatic hydroxyl groups is 1. The van der Waals surface area contributed by atoms with Crippen molar-refractivity contribution in [2.45, 2.75) is 136 Å². The second-order valence-electron chi connectivity index (χ2n) is 17.3. The van der Waals surface area contributed by atoms with Crippen LogP contribution in [0.3, 0.4) is 0 Å². The quantitative estimate of drug-likeness (QED) is 0.119. The molecule has 1 aliphatic rings. The molecule has 4 amide bonds. The Balaban J connectivity index is 1.77. The highest BCUT2D eigenvalue weighted by molar-refractivity contribution is 5.90. The van der Waals surface area contributed by atoms with Gasteiger partial charge in [-0.3, -0.25) is 24.1 Å². The Kier molecular flexibility index (Phi) is 19.3. The van der Waals surface area contributed by atoms with Gasteiger partial charge in [-0.25, -0.2) is 0 Å². The number of aliphatic hydroxyl groups excluding tert-OH is 1. The lowest BCUT2D eigenvalue weighted by Gasteiger charge is -2.41. The molecule has 13 heteroatoms. The van der Waals surface area contributed by atoms with Crippen LogP contribution in [0, 0.1) is 23.7 Å². The summed E-state index contributed by atoms with van der Waals surface area (Å²) in [5.41, 5.74) is 8.37. The van der Waals surface area contributed by atoms with Crippen molar-refractivity contribution in [3.05, 3.63) is 65.7 Å². The number of nitrogens with zero attached hydrogens (tertiary/aromatic N) is 3. The van der Waals surface area contributed by atoms with Gasteiger partial charge in [-0.15, -0.1) is 0 Å². The number of nitrogen functional groups attached to an aromatic ring is 1. The third-order valence-corrected chi connectivity index (χ3v) is 12.2. The van der Waals surface area contributed by atoms with Crippen molar-refractivity contribution in [3.63, 3.8) is 0 Å². The van der Waals surface area contributed by atoms with Crippen molar-refractivity contribution in [2.75, 3.05) is 40.6 Å². The Morgan fingerprint density at radius 2 is 1.56 bits per heavy atom. The second-order valence-corrected chi connectivity index (χ2v) is 17.3. The van der Waals surface area contributed by atoms with Crippen molar-refractivity contribution in [3.8, 4) is 0 Å². The number of benzene rings is 2. The summed E-state index contributed by atoms with van der Waals surface area (Å²) in [6.07, 6.45) is 0.0286. The summed E-state index contributed by atoms with van der Waals surface area (Å²) in [5, 5.41) is 16.9. The minimum absolute atomic E-state index is 0.0138. The minimum atomic E-state index is -0.885. The first-order chi connectivity index (χ1) is 27.9. The summed E-state index contributed by atoms with van der Waals surface area (Å²) < 4.78 is 12.0. The summed E-state index contributed by atoms with van der Waals surface area (Å²) in [4.78, 5) is 61.8. The lowest BCUT2D eigenvalue weighted by atomic mass is 9.89. The molecule has 0 saturated carbocycles. The van der Waals surface area contributed by atoms with E-state index < -0.39 is 48.4 Å². The Morgan fingerprint density at radius 1 is 0.898 bits per heavy atom. The lowest BCUT2D eigenvalue weighted by Crippen LogP contribution is -2.60. The highest BCUT2D eigenvalue weighted by Crippen LogP contribution is 2.30. The molecule has 1 saturated heterocycles. The number of amides is 4. The van der Waals surface area contributed by atoms with Crippen LogP contribution in [0.1, 0.15) is 98.3 Å². The van der Waals surface area contributed by atoms with E-state index in [4.69, 9.17) is 15.2 Å². The van der Waals surface area contributed by atoms with E-state index in [2.05, 4.69) is 10.6 Å². The van der Waals surface area contributed by atoms with Gasteiger partial charge in [-0.1, -0.05) is 97.4 Å².